The molecule has 1 N–H and O–H groups in total. The Kier molecular flexibility index (Phi) is 6.75. The lowest BCUT2D eigenvalue weighted by Crippen LogP contribution is -2.38. The van der Waals surface area contributed by atoms with Gasteiger partial charge in [-0.15, -0.1) is 11.3 Å². The zero-order valence-corrected chi connectivity index (χ0v) is 15.3. The lowest BCUT2D eigenvalue weighted by atomic mass is 9.89. The predicted octanol–water partition coefficient (Wildman–Crippen LogP) is 4.27. The van der Waals surface area contributed by atoms with E-state index in [1.807, 2.05) is 42.1 Å². The van der Waals surface area contributed by atoms with E-state index in [1.165, 1.54) is 4.88 Å². The SMILES string of the molecule is O=C(NCCSCc1cccs1)[C@H]1CCCO[C@@H]1c1ccccc1. The maximum absolute atomic E-state index is 12.6. The van der Waals surface area contributed by atoms with Gasteiger partial charge in [-0.1, -0.05) is 36.4 Å². The third kappa shape index (κ3) is 4.85. The third-order valence-corrected chi connectivity index (χ3v) is 6.22. The highest BCUT2D eigenvalue weighted by atomic mass is 32.2. The lowest BCUT2D eigenvalue weighted by Gasteiger charge is -2.31. The van der Waals surface area contributed by atoms with Crippen molar-refractivity contribution >= 4 is 29.0 Å². The van der Waals surface area contributed by atoms with E-state index in [0.717, 1.165) is 36.5 Å². The molecular weight excluding hydrogens is 338 g/mol. The molecule has 1 aromatic heterocycles. The van der Waals surface area contributed by atoms with Gasteiger partial charge in [0.1, 0.15) is 0 Å². The van der Waals surface area contributed by atoms with Gasteiger partial charge in [0.2, 0.25) is 5.91 Å². The van der Waals surface area contributed by atoms with Crippen molar-refractivity contribution < 1.29 is 9.53 Å². The average molecular weight is 362 g/mol. The molecule has 128 valence electrons. The summed E-state index contributed by atoms with van der Waals surface area (Å²) in [7, 11) is 0. The number of rotatable bonds is 7. The van der Waals surface area contributed by atoms with Crippen molar-refractivity contribution in [2.75, 3.05) is 18.9 Å². The molecule has 0 saturated carbocycles. The zero-order chi connectivity index (χ0) is 16.6. The number of carbonyl (C=O) groups is 1. The molecule has 0 aliphatic carbocycles. The van der Waals surface area contributed by atoms with Crippen LogP contribution in [0.2, 0.25) is 0 Å². The number of benzene rings is 1. The molecule has 3 nitrogen and oxygen atoms in total. The number of hydrogen-bond acceptors (Lipinski definition) is 4. The van der Waals surface area contributed by atoms with Crippen molar-refractivity contribution in [3.05, 3.63) is 58.3 Å². The highest BCUT2D eigenvalue weighted by Gasteiger charge is 2.32. The maximum Gasteiger partial charge on any atom is 0.226 e. The minimum Gasteiger partial charge on any atom is -0.373 e. The standard InChI is InChI=1S/C19H23NO2S2/c21-19(20-10-13-23-14-16-8-5-12-24-16)17-9-4-11-22-18(17)15-6-2-1-3-7-15/h1-3,5-8,12,17-18H,4,9-11,13-14H2,(H,20,21)/t17-,18+/m0/s1. The predicted molar refractivity (Wildman–Crippen MR) is 101 cm³/mol. The van der Waals surface area contributed by atoms with E-state index in [9.17, 15) is 4.79 Å². The van der Waals surface area contributed by atoms with Gasteiger partial charge in [0.25, 0.3) is 0 Å². The molecule has 1 saturated heterocycles. The molecule has 5 heteroatoms. The maximum atomic E-state index is 12.6. The van der Waals surface area contributed by atoms with Gasteiger partial charge in [-0.25, -0.2) is 0 Å². The Hall–Kier alpha value is -1.30. The first-order chi connectivity index (χ1) is 11.8. The first kappa shape index (κ1) is 17.5. The summed E-state index contributed by atoms with van der Waals surface area (Å²) in [5.74, 6) is 2.00. The second kappa shape index (κ2) is 9.25. The van der Waals surface area contributed by atoms with Crippen molar-refractivity contribution in [1.82, 2.24) is 5.32 Å². The van der Waals surface area contributed by atoms with Crippen LogP contribution in [0.25, 0.3) is 0 Å². The van der Waals surface area contributed by atoms with E-state index in [1.54, 1.807) is 11.3 Å². The van der Waals surface area contributed by atoms with Crippen molar-refractivity contribution in [3.63, 3.8) is 0 Å². The van der Waals surface area contributed by atoms with Crippen LogP contribution in [-0.2, 0) is 15.3 Å². The molecule has 0 spiro atoms. The monoisotopic (exact) mass is 361 g/mol. The van der Waals surface area contributed by atoms with Gasteiger partial charge in [0.15, 0.2) is 0 Å². The van der Waals surface area contributed by atoms with Crippen LogP contribution in [0.3, 0.4) is 0 Å². The summed E-state index contributed by atoms with van der Waals surface area (Å²) in [6.07, 6.45) is 1.74. The Labute approximate surface area is 151 Å². The number of thiophene rings is 1. The van der Waals surface area contributed by atoms with Crippen LogP contribution < -0.4 is 5.32 Å². The molecular formula is C19H23NO2S2. The number of nitrogens with one attached hydrogen (secondary N) is 1. The molecule has 1 aliphatic heterocycles. The van der Waals surface area contributed by atoms with Gasteiger partial charge in [0, 0.05) is 29.5 Å². The smallest absolute Gasteiger partial charge is 0.226 e. The Morgan fingerprint density at radius 3 is 2.92 bits per heavy atom. The second-order valence-corrected chi connectivity index (χ2v) is 8.01. The Balaban J connectivity index is 1.45. The Bertz CT molecular complexity index is 616. The van der Waals surface area contributed by atoms with E-state index in [2.05, 4.69) is 22.8 Å². The first-order valence-corrected chi connectivity index (χ1v) is 10.4. The number of thioether (sulfide) groups is 1. The summed E-state index contributed by atoms with van der Waals surface area (Å²) in [5, 5.41) is 5.20. The van der Waals surface area contributed by atoms with E-state index in [0.29, 0.717) is 6.54 Å². The fraction of sp³-hybridized carbons (Fsp3) is 0.421. The summed E-state index contributed by atoms with van der Waals surface area (Å²) >= 11 is 3.64. The quantitative estimate of drug-likeness (QED) is 0.749. The molecule has 1 fully saturated rings. The summed E-state index contributed by atoms with van der Waals surface area (Å²) in [4.78, 5) is 14.0. The number of ether oxygens (including phenoxy) is 1. The highest BCUT2D eigenvalue weighted by molar-refractivity contribution is 7.98. The Morgan fingerprint density at radius 1 is 1.25 bits per heavy atom. The van der Waals surface area contributed by atoms with Crippen LogP contribution in [0.5, 0.6) is 0 Å². The summed E-state index contributed by atoms with van der Waals surface area (Å²) in [5.41, 5.74) is 1.10. The van der Waals surface area contributed by atoms with Gasteiger partial charge in [0.05, 0.1) is 12.0 Å². The van der Waals surface area contributed by atoms with Crippen LogP contribution in [0.15, 0.2) is 47.8 Å². The molecule has 3 rings (SSSR count). The average Bonchev–Trinajstić information content (AvgIpc) is 3.15. The highest BCUT2D eigenvalue weighted by Crippen LogP contribution is 2.33. The molecule has 1 aliphatic rings. The fourth-order valence-electron chi connectivity index (χ4n) is 2.97. The van der Waals surface area contributed by atoms with Gasteiger partial charge >= 0.3 is 0 Å². The normalized spacial score (nSPS) is 20.7. The molecule has 0 bridgehead atoms. The van der Waals surface area contributed by atoms with Crippen LogP contribution in [0.1, 0.15) is 29.4 Å². The fourth-order valence-corrected chi connectivity index (χ4v) is 4.67. The summed E-state index contributed by atoms with van der Waals surface area (Å²) in [6.45, 7) is 1.45. The Morgan fingerprint density at radius 2 is 2.12 bits per heavy atom. The van der Waals surface area contributed by atoms with Gasteiger partial charge in [-0.05, 0) is 29.9 Å². The van der Waals surface area contributed by atoms with Crippen molar-refractivity contribution in [2.45, 2.75) is 24.7 Å². The number of carbonyl (C=O) groups excluding carboxylic acids is 1. The van der Waals surface area contributed by atoms with Crippen LogP contribution in [-0.4, -0.2) is 24.8 Å². The molecule has 24 heavy (non-hydrogen) atoms. The van der Waals surface area contributed by atoms with Gasteiger partial charge < -0.3 is 10.1 Å². The van der Waals surface area contributed by atoms with E-state index >= 15 is 0 Å². The van der Waals surface area contributed by atoms with E-state index in [4.69, 9.17) is 4.74 Å². The number of hydrogen-bond donors (Lipinski definition) is 1. The largest absolute Gasteiger partial charge is 0.373 e. The zero-order valence-electron chi connectivity index (χ0n) is 13.6. The first-order valence-electron chi connectivity index (χ1n) is 8.39. The molecule has 2 atom stereocenters. The summed E-state index contributed by atoms with van der Waals surface area (Å²) < 4.78 is 5.91. The molecule has 2 heterocycles. The number of amides is 1. The molecule has 0 unspecified atom stereocenters. The van der Waals surface area contributed by atoms with Crippen molar-refractivity contribution in [3.8, 4) is 0 Å². The van der Waals surface area contributed by atoms with Crippen molar-refractivity contribution in [2.24, 2.45) is 5.92 Å². The van der Waals surface area contributed by atoms with E-state index in [-0.39, 0.29) is 17.9 Å². The molecule has 2 aromatic rings. The van der Waals surface area contributed by atoms with Gasteiger partial charge in [-0.2, -0.15) is 11.8 Å². The van der Waals surface area contributed by atoms with E-state index < -0.39 is 0 Å². The van der Waals surface area contributed by atoms with Crippen LogP contribution in [0, 0.1) is 5.92 Å². The molecule has 0 radical (unpaired) electrons. The van der Waals surface area contributed by atoms with Crippen molar-refractivity contribution in [1.29, 1.82) is 0 Å². The third-order valence-electron chi connectivity index (χ3n) is 4.16. The lowest BCUT2D eigenvalue weighted by molar-refractivity contribution is -0.134. The van der Waals surface area contributed by atoms with Crippen LogP contribution >= 0.6 is 23.1 Å². The molecule has 1 aromatic carbocycles. The molecule has 1 amide bonds. The van der Waals surface area contributed by atoms with Crippen LogP contribution in [0.4, 0.5) is 0 Å². The summed E-state index contributed by atoms with van der Waals surface area (Å²) in [6, 6.07) is 14.3. The minimum atomic E-state index is -0.112. The van der Waals surface area contributed by atoms with Gasteiger partial charge in [-0.3, -0.25) is 4.79 Å². The minimum absolute atomic E-state index is 0.0801. The topological polar surface area (TPSA) is 38.3 Å². The second-order valence-electron chi connectivity index (χ2n) is 5.87.